The first-order valence-corrected chi connectivity index (χ1v) is 15.0. The number of aromatic nitrogens is 3. The maximum Gasteiger partial charge on any atom is 0.137 e. The van der Waals surface area contributed by atoms with E-state index in [1.54, 1.807) is 0 Å². The monoisotopic (exact) mass is 569 g/mol. The van der Waals surface area contributed by atoms with Crippen LogP contribution < -0.4 is 4.74 Å². The summed E-state index contributed by atoms with van der Waals surface area (Å²) in [4.78, 5) is 9.63. The normalized spacial score (nSPS) is 12.0. The van der Waals surface area contributed by atoms with Gasteiger partial charge in [-0.2, -0.15) is 0 Å². The Hall–Kier alpha value is -5.48. The summed E-state index contributed by atoms with van der Waals surface area (Å²) in [6.45, 7) is 6.69. The zero-order valence-corrected chi connectivity index (χ0v) is 25.0. The third-order valence-corrected chi connectivity index (χ3v) is 8.51. The van der Waals surface area contributed by atoms with Crippen molar-refractivity contribution in [3.8, 4) is 28.4 Å². The van der Waals surface area contributed by atoms with Gasteiger partial charge in [-0.3, -0.25) is 9.55 Å². The molecule has 0 radical (unpaired) electrons. The molecule has 3 aromatic heterocycles. The molecule has 0 aliphatic carbocycles. The zero-order chi connectivity index (χ0) is 29.8. The van der Waals surface area contributed by atoms with Crippen LogP contribution in [0, 0.1) is 0 Å². The van der Waals surface area contributed by atoms with Crippen LogP contribution in [0.15, 0.2) is 134 Å². The van der Waals surface area contributed by atoms with E-state index in [0.29, 0.717) is 0 Å². The Morgan fingerprint density at radius 2 is 1.27 bits per heavy atom. The van der Waals surface area contributed by atoms with Gasteiger partial charge in [-0.25, -0.2) is 4.98 Å². The summed E-state index contributed by atoms with van der Waals surface area (Å²) in [5.74, 6) is 2.44. The van der Waals surface area contributed by atoms with Gasteiger partial charge >= 0.3 is 0 Å². The Bertz CT molecular complexity index is 2350. The lowest BCUT2D eigenvalue weighted by Gasteiger charge is -2.20. The minimum atomic E-state index is 0.0156. The molecule has 0 spiro atoms. The highest BCUT2D eigenvalue weighted by molar-refractivity contribution is 6.11. The summed E-state index contributed by atoms with van der Waals surface area (Å²) in [6, 6.07) is 42.3. The van der Waals surface area contributed by atoms with Gasteiger partial charge in [0.05, 0.1) is 16.6 Å². The third kappa shape index (κ3) is 4.38. The zero-order valence-electron chi connectivity index (χ0n) is 25.0. The molecular weight excluding hydrogens is 538 g/mol. The van der Waals surface area contributed by atoms with Crippen LogP contribution >= 0.6 is 0 Å². The molecule has 0 saturated carbocycles. The second kappa shape index (κ2) is 10.1. The van der Waals surface area contributed by atoms with Crippen molar-refractivity contribution in [2.24, 2.45) is 0 Å². The molecule has 44 heavy (non-hydrogen) atoms. The van der Waals surface area contributed by atoms with Crippen molar-refractivity contribution in [1.82, 2.24) is 14.5 Å². The molecule has 4 heteroatoms. The average molecular weight is 570 g/mol. The Kier molecular flexibility index (Phi) is 5.98. The second-order valence-electron chi connectivity index (χ2n) is 12.4. The molecule has 0 aliphatic heterocycles. The molecule has 0 aliphatic rings. The van der Waals surface area contributed by atoms with Crippen molar-refractivity contribution in [3.05, 3.63) is 139 Å². The highest BCUT2D eigenvalue weighted by Crippen LogP contribution is 2.37. The summed E-state index contributed by atoms with van der Waals surface area (Å²) in [7, 11) is 0. The van der Waals surface area contributed by atoms with Crippen LogP contribution in [0.25, 0.3) is 60.4 Å². The molecule has 0 N–H and O–H groups in total. The first kappa shape index (κ1) is 26.2. The molecule has 5 aromatic carbocycles. The van der Waals surface area contributed by atoms with Crippen LogP contribution in [0.3, 0.4) is 0 Å². The molecule has 0 unspecified atom stereocenters. The molecular formula is C40H31N3O. The molecule has 8 aromatic rings. The van der Waals surface area contributed by atoms with Gasteiger partial charge in [0, 0.05) is 40.0 Å². The van der Waals surface area contributed by atoms with Gasteiger partial charge in [-0.1, -0.05) is 87.5 Å². The third-order valence-electron chi connectivity index (χ3n) is 8.51. The van der Waals surface area contributed by atoms with Crippen LogP contribution in [0.2, 0.25) is 0 Å². The van der Waals surface area contributed by atoms with Crippen LogP contribution in [-0.2, 0) is 5.41 Å². The fourth-order valence-electron chi connectivity index (χ4n) is 6.25. The minimum Gasteiger partial charge on any atom is -0.457 e. The highest BCUT2D eigenvalue weighted by atomic mass is 16.5. The van der Waals surface area contributed by atoms with Gasteiger partial charge in [-0.05, 0) is 76.0 Å². The standard InChI is InChI=1S/C40H31N3O/c1-40(2,3)28-19-21-41-38(23-28)43-36-12-8-7-11-32(36)33-18-16-30(25-37(33)43)44-29-15-13-27-14-17-34-31(26-9-5-4-6-10-26)20-22-42-39(34)35(27)24-29/h4-25H,1-3H3. The Morgan fingerprint density at radius 1 is 0.568 bits per heavy atom. The summed E-state index contributed by atoms with van der Waals surface area (Å²) < 4.78 is 8.81. The molecule has 0 bridgehead atoms. The van der Waals surface area contributed by atoms with E-state index in [9.17, 15) is 0 Å². The lowest BCUT2D eigenvalue weighted by atomic mass is 9.88. The van der Waals surface area contributed by atoms with Crippen molar-refractivity contribution >= 4 is 43.5 Å². The Morgan fingerprint density at radius 3 is 2.14 bits per heavy atom. The van der Waals surface area contributed by atoms with Gasteiger partial charge in [0.2, 0.25) is 0 Å². The second-order valence-corrected chi connectivity index (χ2v) is 12.4. The average Bonchev–Trinajstić information content (AvgIpc) is 3.38. The van der Waals surface area contributed by atoms with Gasteiger partial charge in [0.15, 0.2) is 0 Å². The minimum absolute atomic E-state index is 0.0156. The largest absolute Gasteiger partial charge is 0.457 e. The molecule has 212 valence electrons. The van der Waals surface area contributed by atoms with Crippen LogP contribution in [-0.4, -0.2) is 14.5 Å². The van der Waals surface area contributed by atoms with Gasteiger partial charge in [0.1, 0.15) is 17.3 Å². The summed E-state index contributed by atoms with van der Waals surface area (Å²) in [6.07, 6.45) is 3.81. The number of rotatable bonds is 4. The van der Waals surface area contributed by atoms with E-state index in [4.69, 9.17) is 14.7 Å². The Labute approximate surface area is 256 Å². The summed E-state index contributed by atoms with van der Waals surface area (Å²) >= 11 is 0. The molecule has 0 atom stereocenters. The lowest BCUT2D eigenvalue weighted by molar-refractivity contribution is 0.484. The number of benzene rings is 5. The maximum atomic E-state index is 6.56. The molecule has 0 saturated heterocycles. The van der Waals surface area contributed by atoms with Gasteiger partial charge < -0.3 is 4.74 Å². The van der Waals surface area contributed by atoms with Gasteiger partial charge in [0.25, 0.3) is 0 Å². The molecule has 0 amide bonds. The van der Waals surface area contributed by atoms with Crippen molar-refractivity contribution in [3.63, 3.8) is 0 Å². The number of hydrogen-bond donors (Lipinski definition) is 0. The van der Waals surface area contributed by atoms with E-state index in [1.807, 2.05) is 24.5 Å². The van der Waals surface area contributed by atoms with Crippen molar-refractivity contribution in [2.75, 3.05) is 0 Å². The van der Waals surface area contributed by atoms with Gasteiger partial charge in [-0.15, -0.1) is 0 Å². The number of nitrogens with zero attached hydrogens (tertiary/aromatic N) is 3. The fraction of sp³-hybridized carbons (Fsp3) is 0.100. The smallest absolute Gasteiger partial charge is 0.137 e. The van der Waals surface area contributed by atoms with Crippen LogP contribution in [0.5, 0.6) is 11.5 Å². The number of fused-ring (bicyclic) bond motifs is 6. The van der Waals surface area contributed by atoms with E-state index in [-0.39, 0.29) is 5.41 Å². The van der Waals surface area contributed by atoms with E-state index in [2.05, 4.69) is 135 Å². The van der Waals surface area contributed by atoms with Crippen LogP contribution in [0.4, 0.5) is 0 Å². The van der Waals surface area contributed by atoms with Crippen molar-refractivity contribution < 1.29 is 4.74 Å². The topological polar surface area (TPSA) is 39.9 Å². The summed E-state index contributed by atoms with van der Waals surface area (Å²) in [5, 5.41) is 5.67. The first-order chi connectivity index (χ1) is 21.4. The molecule has 0 fully saturated rings. The predicted molar refractivity (Wildman–Crippen MR) is 182 cm³/mol. The molecule has 8 rings (SSSR count). The van der Waals surface area contributed by atoms with E-state index in [1.165, 1.54) is 22.1 Å². The fourth-order valence-corrected chi connectivity index (χ4v) is 6.25. The van der Waals surface area contributed by atoms with Crippen LogP contribution in [0.1, 0.15) is 26.3 Å². The SMILES string of the molecule is CC(C)(C)c1ccnc(-n2c3ccccc3c3ccc(Oc4ccc5ccc6c(-c7ccccc7)ccnc6c5c4)cc32)c1. The Balaban J connectivity index is 1.25. The summed E-state index contributed by atoms with van der Waals surface area (Å²) in [5.41, 5.74) is 6.76. The van der Waals surface area contributed by atoms with E-state index < -0.39 is 0 Å². The first-order valence-electron chi connectivity index (χ1n) is 15.0. The van der Waals surface area contributed by atoms with E-state index >= 15 is 0 Å². The number of pyridine rings is 2. The maximum absolute atomic E-state index is 6.56. The van der Waals surface area contributed by atoms with Crippen molar-refractivity contribution in [2.45, 2.75) is 26.2 Å². The molecule has 3 heterocycles. The predicted octanol–water partition coefficient (Wildman–Crippen LogP) is 10.6. The number of ether oxygens (including phenoxy) is 1. The van der Waals surface area contributed by atoms with Crippen molar-refractivity contribution in [1.29, 1.82) is 0 Å². The van der Waals surface area contributed by atoms with E-state index in [0.717, 1.165) is 55.4 Å². The lowest BCUT2D eigenvalue weighted by Crippen LogP contribution is -2.12. The quantitative estimate of drug-likeness (QED) is 0.198. The highest BCUT2D eigenvalue weighted by Gasteiger charge is 2.18. The number of para-hydroxylation sites is 1. The number of hydrogen-bond acceptors (Lipinski definition) is 3. The molecule has 4 nitrogen and oxygen atoms in total.